The molecule has 0 aliphatic carbocycles. The molecule has 0 spiro atoms. The van der Waals surface area contributed by atoms with Crippen molar-refractivity contribution in [2.45, 2.75) is 52.0 Å². The topological polar surface area (TPSA) is 12.0 Å². The maximum Gasteiger partial charge on any atom is 0.0178 e. The highest BCUT2D eigenvalue weighted by molar-refractivity contribution is 9.10. The van der Waals surface area contributed by atoms with Crippen LogP contribution in [0.15, 0.2) is 28.7 Å². The van der Waals surface area contributed by atoms with Crippen LogP contribution in [0.2, 0.25) is 0 Å². The van der Waals surface area contributed by atoms with Gasteiger partial charge in [-0.3, -0.25) is 0 Å². The third-order valence-corrected chi connectivity index (χ3v) is 3.33. The molecule has 1 nitrogen and oxygen atoms in total. The Morgan fingerprint density at radius 3 is 2.53 bits per heavy atom. The van der Waals surface area contributed by atoms with Gasteiger partial charge in [-0.1, -0.05) is 41.4 Å². The van der Waals surface area contributed by atoms with Crippen molar-refractivity contribution in [2.24, 2.45) is 0 Å². The minimum absolute atomic E-state index is 0.192. The Balaban J connectivity index is 2.71. The first-order chi connectivity index (χ1) is 7.92. The molecular formula is C15H24BrN. The zero-order valence-electron chi connectivity index (χ0n) is 11.4. The van der Waals surface area contributed by atoms with Crippen molar-refractivity contribution in [2.75, 3.05) is 6.54 Å². The molecule has 1 aromatic carbocycles. The lowest BCUT2D eigenvalue weighted by Gasteiger charge is -2.25. The minimum atomic E-state index is 0.192. The monoisotopic (exact) mass is 297 g/mol. The molecule has 1 aromatic rings. The molecule has 96 valence electrons. The Morgan fingerprint density at radius 1 is 1.29 bits per heavy atom. The largest absolute Gasteiger partial charge is 0.311 e. The standard InChI is InChI=1S/C15H24BrN/c1-5-7-13(11-17-15(2,3)4)12-8-6-9-14(16)10-12/h6,8-10,13,17H,5,7,11H2,1-4H3. The molecule has 0 aliphatic rings. The van der Waals surface area contributed by atoms with Crippen LogP contribution < -0.4 is 5.32 Å². The maximum atomic E-state index is 3.61. The van der Waals surface area contributed by atoms with Crippen molar-refractivity contribution in [3.63, 3.8) is 0 Å². The first-order valence-electron chi connectivity index (χ1n) is 6.43. The normalized spacial score (nSPS) is 13.7. The van der Waals surface area contributed by atoms with E-state index in [0.29, 0.717) is 5.92 Å². The highest BCUT2D eigenvalue weighted by atomic mass is 79.9. The van der Waals surface area contributed by atoms with Gasteiger partial charge in [-0.25, -0.2) is 0 Å². The molecule has 17 heavy (non-hydrogen) atoms. The van der Waals surface area contributed by atoms with E-state index in [2.05, 4.69) is 73.2 Å². The molecule has 0 amide bonds. The predicted molar refractivity (Wildman–Crippen MR) is 79.5 cm³/mol. The summed E-state index contributed by atoms with van der Waals surface area (Å²) in [4.78, 5) is 0. The molecule has 0 heterocycles. The van der Waals surface area contributed by atoms with E-state index in [1.807, 2.05) is 0 Å². The molecule has 0 bridgehead atoms. The van der Waals surface area contributed by atoms with E-state index in [0.717, 1.165) is 6.54 Å². The average Bonchev–Trinajstić information content (AvgIpc) is 2.23. The number of halogens is 1. The smallest absolute Gasteiger partial charge is 0.0178 e. The van der Waals surface area contributed by atoms with Gasteiger partial charge >= 0.3 is 0 Å². The fourth-order valence-electron chi connectivity index (χ4n) is 1.92. The fraction of sp³-hybridized carbons (Fsp3) is 0.600. The van der Waals surface area contributed by atoms with Crippen LogP contribution >= 0.6 is 15.9 Å². The Labute approximate surface area is 114 Å². The van der Waals surface area contributed by atoms with Crippen LogP contribution in [0.25, 0.3) is 0 Å². The van der Waals surface area contributed by atoms with Gasteiger partial charge in [-0.05, 0) is 50.8 Å². The molecule has 1 unspecified atom stereocenters. The summed E-state index contributed by atoms with van der Waals surface area (Å²) < 4.78 is 1.17. The molecule has 0 saturated carbocycles. The average molecular weight is 298 g/mol. The number of hydrogen-bond acceptors (Lipinski definition) is 1. The van der Waals surface area contributed by atoms with Gasteiger partial charge in [0.1, 0.15) is 0 Å². The van der Waals surface area contributed by atoms with Crippen molar-refractivity contribution in [3.05, 3.63) is 34.3 Å². The number of nitrogens with one attached hydrogen (secondary N) is 1. The molecule has 0 aromatic heterocycles. The summed E-state index contributed by atoms with van der Waals surface area (Å²) in [6.45, 7) is 9.96. The van der Waals surface area contributed by atoms with Gasteiger partial charge in [0.25, 0.3) is 0 Å². The molecule has 1 rings (SSSR count). The van der Waals surface area contributed by atoms with E-state index in [4.69, 9.17) is 0 Å². The summed E-state index contributed by atoms with van der Waals surface area (Å²) in [5.41, 5.74) is 1.62. The van der Waals surface area contributed by atoms with Crippen LogP contribution in [-0.2, 0) is 0 Å². The van der Waals surface area contributed by atoms with E-state index >= 15 is 0 Å². The van der Waals surface area contributed by atoms with Crippen LogP contribution in [-0.4, -0.2) is 12.1 Å². The van der Waals surface area contributed by atoms with Crippen molar-refractivity contribution in [1.29, 1.82) is 0 Å². The second kappa shape index (κ2) is 6.55. The summed E-state index contributed by atoms with van der Waals surface area (Å²) in [5.74, 6) is 0.608. The predicted octanol–water partition coefficient (Wildman–Crippen LogP) is 4.72. The number of hydrogen-bond donors (Lipinski definition) is 1. The zero-order chi connectivity index (χ0) is 12.9. The minimum Gasteiger partial charge on any atom is -0.311 e. The molecule has 1 atom stereocenters. The van der Waals surface area contributed by atoms with E-state index in [1.165, 1.54) is 22.9 Å². The van der Waals surface area contributed by atoms with Gasteiger partial charge in [-0.2, -0.15) is 0 Å². The molecular weight excluding hydrogens is 274 g/mol. The molecule has 0 saturated heterocycles. The van der Waals surface area contributed by atoms with E-state index in [9.17, 15) is 0 Å². The highest BCUT2D eigenvalue weighted by Crippen LogP contribution is 2.24. The molecule has 0 radical (unpaired) electrons. The zero-order valence-corrected chi connectivity index (χ0v) is 13.0. The molecule has 1 N–H and O–H groups in total. The van der Waals surface area contributed by atoms with E-state index in [-0.39, 0.29) is 5.54 Å². The Bertz CT molecular complexity index is 341. The van der Waals surface area contributed by atoms with Crippen LogP contribution in [0.4, 0.5) is 0 Å². The summed E-state index contributed by atoms with van der Waals surface area (Å²) >= 11 is 3.55. The second-order valence-corrected chi connectivity index (χ2v) is 6.59. The first kappa shape index (κ1) is 14.7. The third kappa shape index (κ3) is 5.69. The lowest BCUT2D eigenvalue weighted by atomic mass is 9.93. The Hall–Kier alpha value is -0.340. The van der Waals surface area contributed by atoms with Crippen LogP contribution in [0.3, 0.4) is 0 Å². The van der Waals surface area contributed by atoms with Gasteiger partial charge in [-0.15, -0.1) is 0 Å². The quantitative estimate of drug-likeness (QED) is 0.829. The van der Waals surface area contributed by atoms with Crippen molar-refractivity contribution < 1.29 is 0 Å². The van der Waals surface area contributed by atoms with Crippen molar-refractivity contribution >= 4 is 15.9 Å². The van der Waals surface area contributed by atoms with Gasteiger partial charge in [0.05, 0.1) is 0 Å². The van der Waals surface area contributed by atoms with Gasteiger partial charge in [0.15, 0.2) is 0 Å². The van der Waals surface area contributed by atoms with Crippen LogP contribution in [0, 0.1) is 0 Å². The summed E-state index contributed by atoms with van der Waals surface area (Å²) in [7, 11) is 0. The second-order valence-electron chi connectivity index (χ2n) is 5.67. The van der Waals surface area contributed by atoms with Gasteiger partial charge in [0.2, 0.25) is 0 Å². The summed E-state index contributed by atoms with van der Waals surface area (Å²) in [6.07, 6.45) is 2.46. The number of benzene rings is 1. The molecule has 2 heteroatoms. The van der Waals surface area contributed by atoms with Crippen molar-refractivity contribution in [3.8, 4) is 0 Å². The number of rotatable bonds is 5. The summed E-state index contributed by atoms with van der Waals surface area (Å²) in [5, 5.41) is 3.61. The molecule has 0 fully saturated rings. The Morgan fingerprint density at radius 2 is 2.00 bits per heavy atom. The summed E-state index contributed by atoms with van der Waals surface area (Å²) in [6, 6.07) is 8.68. The van der Waals surface area contributed by atoms with Crippen LogP contribution in [0.5, 0.6) is 0 Å². The van der Waals surface area contributed by atoms with Crippen LogP contribution in [0.1, 0.15) is 52.0 Å². The molecule has 0 aliphatic heterocycles. The lowest BCUT2D eigenvalue weighted by molar-refractivity contribution is 0.398. The van der Waals surface area contributed by atoms with Gasteiger partial charge in [0, 0.05) is 16.6 Å². The third-order valence-electron chi connectivity index (χ3n) is 2.84. The lowest BCUT2D eigenvalue weighted by Crippen LogP contribution is -2.38. The van der Waals surface area contributed by atoms with Crippen molar-refractivity contribution in [1.82, 2.24) is 5.32 Å². The van der Waals surface area contributed by atoms with E-state index < -0.39 is 0 Å². The fourth-order valence-corrected chi connectivity index (χ4v) is 2.34. The first-order valence-corrected chi connectivity index (χ1v) is 7.22. The maximum absolute atomic E-state index is 3.61. The van der Waals surface area contributed by atoms with E-state index in [1.54, 1.807) is 0 Å². The Kier molecular flexibility index (Phi) is 5.68. The highest BCUT2D eigenvalue weighted by Gasteiger charge is 2.15. The SMILES string of the molecule is CCCC(CNC(C)(C)C)c1cccc(Br)c1. The van der Waals surface area contributed by atoms with Gasteiger partial charge < -0.3 is 5.32 Å².